The third kappa shape index (κ3) is 3.47. The van der Waals surface area contributed by atoms with Gasteiger partial charge in [-0.25, -0.2) is 0 Å². The Morgan fingerprint density at radius 1 is 1.38 bits per heavy atom. The Balaban J connectivity index is 2.44. The first-order chi connectivity index (χ1) is 10.1. The number of hydrogen-bond donors (Lipinski definition) is 1. The predicted octanol–water partition coefficient (Wildman–Crippen LogP) is 3.93. The molecule has 1 heterocycles. The van der Waals surface area contributed by atoms with Crippen LogP contribution in [0.25, 0.3) is 0 Å². The maximum Gasteiger partial charge on any atom is 0.119 e. The van der Waals surface area contributed by atoms with E-state index in [9.17, 15) is 0 Å². The summed E-state index contributed by atoms with van der Waals surface area (Å²) in [5.41, 5.74) is 2.28. The second-order valence-corrected chi connectivity index (χ2v) is 6.00. The van der Waals surface area contributed by atoms with E-state index in [1.165, 1.54) is 0 Å². The Labute approximate surface area is 134 Å². The molecular formula is C16H22BrN3O. The summed E-state index contributed by atoms with van der Waals surface area (Å²) >= 11 is 3.62. The molecule has 0 bridgehead atoms. The lowest BCUT2D eigenvalue weighted by Crippen LogP contribution is -2.23. The normalized spacial score (nSPS) is 12.7. The van der Waals surface area contributed by atoms with E-state index in [-0.39, 0.29) is 6.04 Å². The zero-order chi connectivity index (χ0) is 15.4. The molecule has 5 heteroatoms. The summed E-state index contributed by atoms with van der Waals surface area (Å²) in [5.74, 6) is 0.891. The fourth-order valence-electron chi connectivity index (χ4n) is 2.44. The van der Waals surface area contributed by atoms with Crippen molar-refractivity contribution in [3.63, 3.8) is 0 Å². The molecule has 0 saturated carbocycles. The number of nitrogens with one attached hydrogen (secondary N) is 1. The van der Waals surface area contributed by atoms with Crippen LogP contribution in [0.3, 0.4) is 0 Å². The molecule has 0 radical (unpaired) electrons. The summed E-state index contributed by atoms with van der Waals surface area (Å²) in [4.78, 5) is 0. The van der Waals surface area contributed by atoms with Gasteiger partial charge in [-0.1, -0.05) is 12.1 Å². The SMILES string of the molecule is CCOc1cccc(C(NC)c2c(Br)cnn2C(C)C)c1. The third-order valence-electron chi connectivity index (χ3n) is 3.34. The van der Waals surface area contributed by atoms with Crippen molar-refractivity contribution in [1.29, 1.82) is 0 Å². The van der Waals surface area contributed by atoms with Crippen molar-refractivity contribution in [2.45, 2.75) is 32.9 Å². The highest BCUT2D eigenvalue weighted by Crippen LogP contribution is 2.31. The van der Waals surface area contributed by atoms with Crippen LogP contribution < -0.4 is 10.1 Å². The smallest absolute Gasteiger partial charge is 0.119 e. The first kappa shape index (κ1) is 16.0. The van der Waals surface area contributed by atoms with E-state index in [2.05, 4.69) is 52.3 Å². The zero-order valence-corrected chi connectivity index (χ0v) is 14.5. The maximum absolute atomic E-state index is 5.60. The van der Waals surface area contributed by atoms with E-state index >= 15 is 0 Å². The molecule has 2 aromatic rings. The van der Waals surface area contributed by atoms with E-state index in [1.807, 2.05) is 37.0 Å². The number of benzene rings is 1. The number of aromatic nitrogens is 2. The van der Waals surface area contributed by atoms with Crippen molar-refractivity contribution in [3.8, 4) is 5.75 Å². The van der Waals surface area contributed by atoms with Crippen LogP contribution in [-0.2, 0) is 0 Å². The number of hydrogen-bond acceptors (Lipinski definition) is 3. The summed E-state index contributed by atoms with van der Waals surface area (Å²) in [6.07, 6.45) is 1.85. The van der Waals surface area contributed by atoms with Gasteiger partial charge in [-0.2, -0.15) is 5.10 Å². The van der Waals surface area contributed by atoms with Gasteiger partial charge in [-0.05, 0) is 61.4 Å². The molecule has 4 nitrogen and oxygen atoms in total. The van der Waals surface area contributed by atoms with Crippen LogP contribution in [0.2, 0.25) is 0 Å². The minimum atomic E-state index is 0.0599. The number of nitrogens with zero attached hydrogens (tertiary/aromatic N) is 2. The number of halogens is 1. The number of rotatable bonds is 6. The molecular weight excluding hydrogens is 330 g/mol. The third-order valence-corrected chi connectivity index (χ3v) is 3.95. The molecule has 0 amide bonds. The Hall–Kier alpha value is -1.33. The topological polar surface area (TPSA) is 39.1 Å². The molecule has 114 valence electrons. The molecule has 21 heavy (non-hydrogen) atoms. The molecule has 1 aromatic heterocycles. The predicted molar refractivity (Wildman–Crippen MR) is 88.8 cm³/mol. The lowest BCUT2D eigenvalue weighted by atomic mass is 10.0. The Kier molecular flexibility index (Phi) is 5.42. The van der Waals surface area contributed by atoms with Crippen molar-refractivity contribution in [2.75, 3.05) is 13.7 Å². The summed E-state index contributed by atoms with van der Waals surface area (Å²) in [5, 5.41) is 7.85. The van der Waals surface area contributed by atoms with Gasteiger partial charge in [0.25, 0.3) is 0 Å². The van der Waals surface area contributed by atoms with E-state index < -0.39 is 0 Å². The Morgan fingerprint density at radius 3 is 2.76 bits per heavy atom. The molecule has 1 atom stereocenters. The highest BCUT2D eigenvalue weighted by Gasteiger charge is 2.22. The van der Waals surface area contributed by atoms with E-state index in [0.29, 0.717) is 12.6 Å². The van der Waals surface area contributed by atoms with Crippen LogP contribution in [0.5, 0.6) is 5.75 Å². The van der Waals surface area contributed by atoms with Gasteiger partial charge >= 0.3 is 0 Å². The molecule has 1 N–H and O–H groups in total. The minimum Gasteiger partial charge on any atom is -0.494 e. The van der Waals surface area contributed by atoms with Gasteiger partial charge in [0.15, 0.2) is 0 Å². The summed E-state index contributed by atoms with van der Waals surface area (Å²) in [7, 11) is 1.96. The highest BCUT2D eigenvalue weighted by atomic mass is 79.9. The molecule has 0 aliphatic carbocycles. The molecule has 2 rings (SSSR count). The molecule has 0 spiro atoms. The second-order valence-electron chi connectivity index (χ2n) is 5.14. The van der Waals surface area contributed by atoms with Crippen molar-refractivity contribution in [1.82, 2.24) is 15.1 Å². The largest absolute Gasteiger partial charge is 0.494 e. The van der Waals surface area contributed by atoms with Crippen LogP contribution in [-0.4, -0.2) is 23.4 Å². The summed E-state index contributed by atoms with van der Waals surface area (Å²) in [6.45, 7) is 6.92. The first-order valence-electron chi connectivity index (χ1n) is 7.21. The van der Waals surface area contributed by atoms with Crippen LogP contribution in [0.4, 0.5) is 0 Å². The van der Waals surface area contributed by atoms with Gasteiger partial charge in [0.2, 0.25) is 0 Å². The van der Waals surface area contributed by atoms with Crippen molar-refractivity contribution in [2.24, 2.45) is 0 Å². The van der Waals surface area contributed by atoms with E-state index in [0.717, 1.165) is 21.5 Å². The Morgan fingerprint density at radius 2 is 2.14 bits per heavy atom. The van der Waals surface area contributed by atoms with Gasteiger partial charge in [0.1, 0.15) is 5.75 Å². The molecule has 0 aliphatic rings. The van der Waals surface area contributed by atoms with E-state index in [4.69, 9.17) is 4.74 Å². The highest BCUT2D eigenvalue weighted by molar-refractivity contribution is 9.10. The first-order valence-corrected chi connectivity index (χ1v) is 8.00. The molecule has 0 fully saturated rings. The van der Waals surface area contributed by atoms with Crippen LogP contribution in [0, 0.1) is 0 Å². The fraction of sp³-hybridized carbons (Fsp3) is 0.438. The van der Waals surface area contributed by atoms with Crippen LogP contribution in [0.1, 0.15) is 44.1 Å². The van der Waals surface area contributed by atoms with Gasteiger partial charge in [0.05, 0.1) is 29.0 Å². The van der Waals surface area contributed by atoms with Gasteiger partial charge in [-0.3, -0.25) is 4.68 Å². The summed E-state index contributed by atoms with van der Waals surface area (Å²) in [6, 6.07) is 8.55. The Bertz CT molecular complexity index is 595. The van der Waals surface area contributed by atoms with Crippen LogP contribution in [0.15, 0.2) is 34.9 Å². The zero-order valence-electron chi connectivity index (χ0n) is 12.9. The lowest BCUT2D eigenvalue weighted by molar-refractivity contribution is 0.339. The molecule has 0 saturated heterocycles. The van der Waals surface area contributed by atoms with Crippen molar-refractivity contribution in [3.05, 3.63) is 46.2 Å². The fourth-order valence-corrected chi connectivity index (χ4v) is 2.95. The van der Waals surface area contributed by atoms with Gasteiger partial charge in [-0.15, -0.1) is 0 Å². The second kappa shape index (κ2) is 7.09. The lowest BCUT2D eigenvalue weighted by Gasteiger charge is -2.21. The van der Waals surface area contributed by atoms with Crippen LogP contribution >= 0.6 is 15.9 Å². The summed E-state index contributed by atoms with van der Waals surface area (Å²) < 4.78 is 8.66. The maximum atomic E-state index is 5.60. The average Bonchev–Trinajstić information content (AvgIpc) is 2.83. The standard InChI is InChI=1S/C16H22BrN3O/c1-5-21-13-8-6-7-12(9-13)15(18-4)16-14(17)10-19-20(16)11(2)3/h6-11,15,18H,5H2,1-4H3. The molecule has 1 unspecified atom stereocenters. The van der Waals surface area contributed by atoms with Crippen molar-refractivity contribution < 1.29 is 4.74 Å². The monoisotopic (exact) mass is 351 g/mol. The van der Waals surface area contributed by atoms with Gasteiger partial charge < -0.3 is 10.1 Å². The van der Waals surface area contributed by atoms with E-state index in [1.54, 1.807) is 0 Å². The minimum absolute atomic E-state index is 0.0599. The average molecular weight is 352 g/mol. The van der Waals surface area contributed by atoms with Gasteiger partial charge in [0, 0.05) is 6.04 Å². The number of ether oxygens (including phenoxy) is 1. The molecule has 1 aromatic carbocycles. The van der Waals surface area contributed by atoms with Crippen molar-refractivity contribution >= 4 is 15.9 Å². The quantitative estimate of drug-likeness (QED) is 0.856. The molecule has 0 aliphatic heterocycles.